The van der Waals surface area contributed by atoms with Crippen LogP contribution in [0.4, 0.5) is 13.2 Å². The molecule has 5 nitrogen and oxygen atoms in total. The molecule has 0 spiro atoms. The van der Waals surface area contributed by atoms with Crippen molar-refractivity contribution in [3.63, 3.8) is 0 Å². The first-order valence-electron chi connectivity index (χ1n) is 10.5. The second-order valence-electron chi connectivity index (χ2n) is 8.50. The van der Waals surface area contributed by atoms with E-state index in [1.54, 1.807) is 11.0 Å². The molecule has 2 aliphatic rings. The molecule has 2 aliphatic heterocycles. The van der Waals surface area contributed by atoms with E-state index < -0.39 is 17.2 Å². The molecule has 0 unspecified atom stereocenters. The summed E-state index contributed by atoms with van der Waals surface area (Å²) in [5.74, 6) is -0.306. The highest BCUT2D eigenvalue weighted by atomic mass is 19.4. The second kappa shape index (κ2) is 8.96. The van der Waals surface area contributed by atoms with E-state index in [0.29, 0.717) is 57.6 Å². The number of nitrogens with zero attached hydrogens (tertiary/aromatic N) is 1. The normalized spacial score (nSPS) is 20.3. The number of hydrogen-bond donors (Lipinski definition) is 1. The predicted octanol–water partition coefficient (Wildman–Crippen LogP) is 3.52. The minimum atomic E-state index is -4.46. The summed E-state index contributed by atoms with van der Waals surface area (Å²) in [5, 5.41) is 2.91. The first-order chi connectivity index (χ1) is 14.1. The molecular weight excluding hydrogens is 397 g/mol. The number of carbonyl (C=O) groups excluding carboxylic acids is 2. The SMILES string of the molecule is CC(C)NC(=O)C1CCN(C(=O)C2(c3cccc(C(F)(F)F)c3)CCOCC2)CC1. The average Bonchev–Trinajstić information content (AvgIpc) is 2.73. The minimum Gasteiger partial charge on any atom is -0.381 e. The highest BCUT2D eigenvalue weighted by Gasteiger charge is 2.46. The van der Waals surface area contributed by atoms with Crippen LogP contribution in [-0.4, -0.2) is 49.1 Å². The smallest absolute Gasteiger partial charge is 0.381 e. The van der Waals surface area contributed by atoms with Gasteiger partial charge < -0.3 is 15.0 Å². The average molecular weight is 426 g/mol. The number of halogens is 3. The quantitative estimate of drug-likeness (QED) is 0.802. The Morgan fingerprint density at radius 3 is 2.37 bits per heavy atom. The Hall–Kier alpha value is -2.09. The van der Waals surface area contributed by atoms with Crippen LogP contribution in [0.2, 0.25) is 0 Å². The Morgan fingerprint density at radius 2 is 1.80 bits per heavy atom. The number of piperidine rings is 1. The summed E-state index contributed by atoms with van der Waals surface area (Å²) in [6, 6.07) is 5.17. The highest BCUT2D eigenvalue weighted by Crippen LogP contribution is 2.40. The zero-order chi connectivity index (χ0) is 21.9. The van der Waals surface area contributed by atoms with Crippen LogP contribution in [0.1, 0.15) is 50.7 Å². The molecule has 0 radical (unpaired) electrons. The molecule has 2 fully saturated rings. The minimum absolute atomic E-state index is 0.00393. The van der Waals surface area contributed by atoms with Crippen LogP contribution in [0.15, 0.2) is 24.3 Å². The fraction of sp³-hybridized carbons (Fsp3) is 0.636. The van der Waals surface area contributed by atoms with Gasteiger partial charge in [-0.15, -0.1) is 0 Å². The van der Waals surface area contributed by atoms with Crippen molar-refractivity contribution in [3.05, 3.63) is 35.4 Å². The summed E-state index contributed by atoms with van der Waals surface area (Å²) >= 11 is 0. The van der Waals surface area contributed by atoms with Gasteiger partial charge in [-0.1, -0.05) is 18.2 Å². The van der Waals surface area contributed by atoms with E-state index >= 15 is 0 Å². The number of nitrogens with one attached hydrogen (secondary N) is 1. The lowest BCUT2D eigenvalue weighted by Crippen LogP contribution is -2.53. The lowest BCUT2D eigenvalue weighted by Gasteiger charge is -2.42. The Labute approximate surface area is 175 Å². The van der Waals surface area contributed by atoms with Gasteiger partial charge in [-0.25, -0.2) is 0 Å². The molecule has 0 atom stereocenters. The molecule has 1 aromatic rings. The first-order valence-corrected chi connectivity index (χ1v) is 10.5. The van der Waals surface area contributed by atoms with Crippen LogP contribution >= 0.6 is 0 Å². The van der Waals surface area contributed by atoms with E-state index in [4.69, 9.17) is 4.74 Å². The van der Waals surface area contributed by atoms with Crippen molar-refractivity contribution in [2.24, 2.45) is 5.92 Å². The van der Waals surface area contributed by atoms with Crippen LogP contribution < -0.4 is 5.32 Å². The Bertz CT molecular complexity index is 765. The van der Waals surface area contributed by atoms with Gasteiger partial charge in [0.1, 0.15) is 0 Å². The van der Waals surface area contributed by atoms with E-state index in [-0.39, 0.29) is 23.8 Å². The van der Waals surface area contributed by atoms with Crippen molar-refractivity contribution in [2.75, 3.05) is 26.3 Å². The van der Waals surface area contributed by atoms with Gasteiger partial charge >= 0.3 is 6.18 Å². The summed E-state index contributed by atoms with van der Waals surface area (Å²) in [6.45, 7) is 5.32. The van der Waals surface area contributed by atoms with Crippen LogP contribution in [0.25, 0.3) is 0 Å². The van der Waals surface area contributed by atoms with Gasteiger partial charge in [-0.3, -0.25) is 9.59 Å². The third-order valence-electron chi connectivity index (χ3n) is 6.08. The number of rotatable bonds is 4. The molecule has 166 valence electrons. The summed E-state index contributed by atoms with van der Waals surface area (Å²) in [6.07, 6.45) is -2.66. The van der Waals surface area contributed by atoms with E-state index in [9.17, 15) is 22.8 Å². The number of hydrogen-bond acceptors (Lipinski definition) is 3. The maximum absolute atomic E-state index is 13.6. The van der Waals surface area contributed by atoms with Crippen LogP contribution in [0.3, 0.4) is 0 Å². The van der Waals surface area contributed by atoms with Gasteiger partial charge in [0.05, 0.1) is 11.0 Å². The third kappa shape index (κ3) is 4.79. The zero-order valence-electron chi connectivity index (χ0n) is 17.4. The third-order valence-corrected chi connectivity index (χ3v) is 6.08. The predicted molar refractivity (Wildman–Crippen MR) is 106 cm³/mol. The van der Waals surface area contributed by atoms with Crippen molar-refractivity contribution in [3.8, 4) is 0 Å². The topological polar surface area (TPSA) is 58.6 Å². The summed E-state index contributed by atoms with van der Waals surface area (Å²) in [4.78, 5) is 27.6. The molecule has 30 heavy (non-hydrogen) atoms. The molecule has 1 aromatic carbocycles. The number of ether oxygens (including phenoxy) is 1. The van der Waals surface area contributed by atoms with E-state index in [1.165, 1.54) is 6.07 Å². The van der Waals surface area contributed by atoms with Crippen LogP contribution in [-0.2, 0) is 25.9 Å². The summed E-state index contributed by atoms with van der Waals surface area (Å²) < 4.78 is 45.2. The van der Waals surface area contributed by atoms with Crippen molar-refractivity contribution >= 4 is 11.8 Å². The summed E-state index contributed by atoms with van der Waals surface area (Å²) in [5.41, 5.74) is -1.37. The first kappa shape index (κ1) is 22.6. The number of likely N-dealkylation sites (tertiary alicyclic amines) is 1. The van der Waals surface area contributed by atoms with E-state index in [2.05, 4.69) is 5.32 Å². The maximum Gasteiger partial charge on any atom is 0.416 e. The maximum atomic E-state index is 13.6. The number of amides is 2. The van der Waals surface area contributed by atoms with Crippen LogP contribution in [0.5, 0.6) is 0 Å². The van der Waals surface area contributed by atoms with Gasteiger partial charge in [0.15, 0.2) is 0 Å². The Kier molecular flexibility index (Phi) is 6.75. The van der Waals surface area contributed by atoms with Crippen LogP contribution in [0, 0.1) is 5.92 Å². The molecule has 0 aromatic heterocycles. The molecule has 2 saturated heterocycles. The molecule has 0 bridgehead atoms. The fourth-order valence-corrected chi connectivity index (χ4v) is 4.39. The Balaban J connectivity index is 1.80. The molecule has 1 N–H and O–H groups in total. The van der Waals surface area contributed by atoms with E-state index in [0.717, 1.165) is 12.1 Å². The fourth-order valence-electron chi connectivity index (χ4n) is 4.39. The van der Waals surface area contributed by atoms with Crippen molar-refractivity contribution < 1.29 is 27.5 Å². The molecule has 2 heterocycles. The molecular formula is C22H29F3N2O3. The van der Waals surface area contributed by atoms with Crippen molar-refractivity contribution in [2.45, 2.75) is 57.2 Å². The van der Waals surface area contributed by atoms with Crippen molar-refractivity contribution in [1.29, 1.82) is 0 Å². The molecule has 0 aliphatic carbocycles. The molecule has 3 rings (SSSR count). The molecule has 2 amide bonds. The summed E-state index contributed by atoms with van der Waals surface area (Å²) in [7, 11) is 0. The molecule has 8 heteroatoms. The lowest BCUT2D eigenvalue weighted by molar-refractivity contribution is -0.144. The van der Waals surface area contributed by atoms with Gasteiger partial charge in [-0.05, 0) is 51.2 Å². The highest BCUT2D eigenvalue weighted by molar-refractivity contribution is 5.89. The number of benzene rings is 1. The van der Waals surface area contributed by atoms with Gasteiger partial charge in [0, 0.05) is 38.3 Å². The van der Waals surface area contributed by atoms with Gasteiger partial charge in [0.25, 0.3) is 0 Å². The Morgan fingerprint density at radius 1 is 1.17 bits per heavy atom. The standard InChI is InChI=1S/C22H29F3N2O3/c1-15(2)26-19(28)16-6-10-27(11-7-16)20(29)21(8-12-30-13-9-21)17-4-3-5-18(14-17)22(23,24)25/h3-5,14-16H,6-13H2,1-2H3,(H,26,28). The van der Waals surface area contributed by atoms with E-state index in [1.807, 2.05) is 13.8 Å². The second-order valence-corrected chi connectivity index (χ2v) is 8.50. The number of carbonyl (C=O) groups is 2. The monoisotopic (exact) mass is 426 g/mol. The zero-order valence-corrected chi connectivity index (χ0v) is 17.4. The van der Waals surface area contributed by atoms with Crippen molar-refractivity contribution in [1.82, 2.24) is 10.2 Å². The van der Waals surface area contributed by atoms with Gasteiger partial charge in [0.2, 0.25) is 11.8 Å². The number of alkyl halides is 3. The molecule has 0 saturated carbocycles. The van der Waals surface area contributed by atoms with Gasteiger partial charge in [-0.2, -0.15) is 13.2 Å². The lowest BCUT2D eigenvalue weighted by atomic mass is 9.72. The largest absolute Gasteiger partial charge is 0.416 e.